The molecule has 0 radical (unpaired) electrons. The number of rotatable bonds is 7. The summed E-state index contributed by atoms with van der Waals surface area (Å²) in [5.41, 5.74) is 8.23. The van der Waals surface area contributed by atoms with Crippen LogP contribution in [0.5, 0.6) is 0 Å². The van der Waals surface area contributed by atoms with Gasteiger partial charge in [0.1, 0.15) is 48.4 Å². The van der Waals surface area contributed by atoms with Crippen LogP contribution in [0.2, 0.25) is 0 Å². The summed E-state index contributed by atoms with van der Waals surface area (Å²) in [4.78, 5) is 48.3. The van der Waals surface area contributed by atoms with E-state index in [1.165, 1.54) is 23.8 Å². The number of nitrogens with zero attached hydrogens (tertiary/aromatic N) is 5. The van der Waals surface area contributed by atoms with Gasteiger partial charge < -0.3 is 21.0 Å². The number of β-lactam (4-membered cyclic amide) rings is 1. The Morgan fingerprint density at radius 1 is 1.42 bits per heavy atom. The van der Waals surface area contributed by atoms with Crippen LogP contribution in [0.1, 0.15) is 11.4 Å². The van der Waals surface area contributed by atoms with Gasteiger partial charge in [0.15, 0.2) is 10.8 Å². The Morgan fingerprint density at radius 2 is 2.22 bits per heavy atom. The highest BCUT2D eigenvalue weighted by molar-refractivity contribution is 8.00. The average molecular weight is 529 g/mol. The summed E-state index contributed by atoms with van der Waals surface area (Å²) < 4.78 is 3.97. The van der Waals surface area contributed by atoms with Gasteiger partial charge in [0.25, 0.3) is 17.5 Å². The molecule has 0 unspecified atom stereocenters. The molecule has 14 heteroatoms. The lowest BCUT2D eigenvalue weighted by molar-refractivity contribution is -0.662. The molecule has 2 aliphatic rings. The van der Waals surface area contributed by atoms with Crippen molar-refractivity contribution in [3.63, 3.8) is 0 Å². The van der Waals surface area contributed by atoms with Crippen molar-refractivity contribution >= 4 is 57.4 Å². The number of oxime groups is 1. The normalized spacial score (nSPS) is 19.8. The van der Waals surface area contributed by atoms with Crippen molar-refractivity contribution in [1.82, 2.24) is 19.6 Å². The maximum absolute atomic E-state index is 13.1. The molecule has 0 bridgehead atoms. The second-order valence-corrected chi connectivity index (χ2v) is 10.1. The number of carbonyl (C=O) groups excluding carboxylic acids is 2. The summed E-state index contributed by atoms with van der Waals surface area (Å²) in [6.45, 7) is 2.29. The van der Waals surface area contributed by atoms with Crippen molar-refractivity contribution < 1.29 is 28.9 Å². The van der Waals surface area contributed by atoms with Gasteiger partial charge in [-0.3, -0.25) is 14.5 Å². The van der Waals surface area contributed by atoms with Crippen molar-refractivity contribution in [2.24, 2.45) is 5.16 Å². The molecule has 0 saturated carbocycles. The first-order chi connectivity index (χ1) is 17.3. The van der Waals surface area contributed by atoms with E-state index in [1.807, 2.05) is 46.5 Å². The van der Waals surface area contributed by atoms with Crippen LogP contribution in [0.3, 0.4) is 0 Å². The third kappa shape index (κ3) is 3.97. The van der Waals surface area contributed by atoms with E-state index in [4.69, 9.17) is 10.6 Å². The summed E-state index contributed by atoms with van der Waals surface area (Å²) in [6, 6.07) is 4.87. The Labute approximate surface area is 213 Å². The van der Waals surface area contributed by atoms with Crippen LogP contribution < -0.4 is 15.6 Å². The zero-order valence-electron chi connectivity index (χ0n) is 19.2. The lowest BCUT2D eigenvalue weighted by Gasteiger charge is -2.49. The Morgan fingerprint density at radius 3 is 2.92 bits per heavy atom. The molecule has 2 atom stereocenters. The molecule has 5 rings (SSSR count). The number of amides is 2. The zero-order chi connectivity index (χ0) is 25.6. The van der Waals surface area contributed by atoms with Crippen molar-refractivity contribution in [2.45, 2.75) is 24.9 Å². The van der Waals surface area contributed by atoms with Crippen molar-refractivity contribution in [3.8, 4) is 0 Å². The number of thioether (sulfide) groups is 1. The van der Waals surface area contributed by atoms with Gasteiger partial charge in [-0.25, -0.2) is 18.7 Å². The standard InChI is InChI=1S/C22H21N7O5S2/c1-11-7-27(14-5-3-4-6-28(11)14)8-12-9-35-20-16(19(31)29(20)17(12)21(32)33)25-18(30)15(26-34-2)13-10-36-22(23)24-13/h3-7,10,16,20H,8-9H2,1-2H3,(H3-,23,24,25,30,32,33)/p+1/b26-15-/t16-,20+/m1/s1. The van der Waals surface area contributed by atoms with Gasteiger partial charge in [0.05, 0.1) is 6.20 Å². The Balaban J connectivity index is 1.38. The Bertz CT molecular complexity index is 1460. The average Bonchev–Trinajstić information content (AvgIpc) is 3.43. The molecule has 5 heterocycles. The number of pyridine rings is 1. The molecule has 4 N–H and O–H groups in total. The number of carbonyl (C=O) groups is 3. The molecule has 3 aromatic heterocycles. The highest BCUT2D eigenvalue weighted by atomic mass is 32.2. The largest absolute Gasteiger partial charge is 0.477 e. The summed E-state index contributed by atoms with van der Waals surface area (Å²) in [7, 11) is 1.29. The molecule has 2 aliphatic heterocycles. The second-order valence-electron chi connectivity index (χ2n) is 8.14. The molecular formula is C22H22N7O5S2+. The first-order valence-electron chi connectivity index (χ1n) is 10.8. The number of hydrogen-bond acceptors (Lipinski definition) is 9. The van der Waals surface area contributed by atoms with Crippen molar-refractivity contribution in [1.29, 1.82) is 0 Å². The van der Waals surface area contributed by atoms with E-state index in [9.17, 15) is 19.5 Å². The van der Waals surface area contributed by atoms with Gasteiger partial charge in [0, 0.05) is 29.7 Å². The van der Waals surface area contributed by atoms with Gasteiger partial charge >= 0.3 is 5.97 Å². The fourth-order valence-electron chi connectivity index (χ4n) is 4.36. The number of carboxylic acid groups (broad SMARTS) is 1. The predicted molar refractivity (Wildman–Crippen MR) is 132 cm³/mol. The number of nitrogens with two attached hydrogens (primary N) is 1. The van der Waals surface area contributed by atoms with E-state index in [0.717, 1.165) is 22.7 Å². The highest BCUT2D eigenvalue weighted by Gasteiger charge is 2.54. The number of nitrogens with one attached hydrogen (secondary N) is 1. The van der Waals surface area contributed by atoms with Gasteiger partial charge in [-0.15, -0.1) is 23.1 Å². The fourth-order valence-corrected chi connectivity index (χ4v) is 6.24. The highest BCUT2D eigenvalue weighted by Crippen LogP contribution is 2.40. The van der Waals surface area contributed by atoms with Crippen molar-refractivity contribution in [2.75, 3.05) is 18.6 Å². The minimum Gasteiger partial charge on any atom is -0.477 e. The number of aryl methyl sites for hydroxylation is 1. The third-order valence-corrected chi connectivity index (χ3v) is 7.93. The number of nitrogen functional groups attached to an aromatic ring is 1. The number of carboxylic acids is 1. The molecule has 0 spiro atoms. The van der Waals surface area contributed by atoms with Crippen LogP contribution >= 0.6 is 23.1 Å². The van der Waals surface area contributed by atoms with Crippen LogP contribution in [-0.4, -0.2) is 67.2 Å². The monoisotopic (exact) mass is 528 g/mol. The number of aromatic nitrogens is 3. The minimum absolute atomic E-state index is 0.0484. The van der Waals surface area contributed by atoms with Crippen molar-refractivity contribution in [3.05, 3.63) is 58.6 Å². The molecule has 12 nitrogen and oxygen atoms in total. The quantitative estimate of drug-likeness (QED) is 0.172. The molecule has 0 aromatic carbocycles. The van der Waals surface area contributed by atoms with Gasteiger partial charge in [0.2, 0.25) is 0 Å². The summed E-state index contributed by atoms with van der Waals surface area (Å²) in [5.74, 6) is -1.97. The van der Waals surface area contributed by atoms with Crippen LogP contribution in [-0.2, 0) is 25.8 Å². The molecule has 3 aromatic rings. The molecule has 2 amide bonds. The first-order valence-corrected chi connectivity index (χ1v) is 12.7. The van der Waals surface area contributed by atoms with E-state index in [2.05, 4.69) is 15.5 Å². The first kappa shape index (κ1) is 23.8. The molecule has 0 aliphatic carbocycles. The Hall–Kier alpha value is -3.91. The van der Waals surface area contributed by atoms with E-state index < -0.39 is 29.2 Å². The smallest absolute Gasteiger partial charge is 0.352 e. The lowest BCUT2D eigenvalue weighted by Crippen LogP contribution is -2.71. The number of thiazole rings is 1. The van der Waals surface area contributed by atoms with Gasteiger partial charge in [-0.05, 0) is 6.07 Å². The second kappa shape index (κ2) is 9.28. The number of aliphatic carboxylic acids is 1. The SMILES string of the molecule is CO/N=C(\C(=O)N[C@@H]1C(=O)N2C(C(=O)O)=C(C[n+]3cc(C)n4ccccc43)CS[C@@H]12)c1csc(N)n1. The minimum atomic E-state index is -1.19. The van der Waals surface area contributed by atoms with Crippen LogP contribution in [0, 0.1) is 6.92 Å². The summed E-state index contributed by atoms with van der Waals surface area (Å²) in [6.07, 6.45) is 3.88. The third-order valence-electron chi connectivity index (χ3n) is 5.92. The number of imidazole rings is 1. The maximum Gasteiger partial charge on any atom is 0.352 e. The number of fused-ring (bicyclic) bond motifs is 2. The number of anilines is 1. The molecule has 186 valence electrons. The fraction of sp³-hybridized carbons (Fsp3) is 0.273. The number of hydrogen-bond donors (Lipinski definition) is 3. The molecular weight excluding hydrogens is 506 g/mol. The van der Waals surface area contributed by atoms with Crippen LogP contribution in [0.15, 0.2) is 52.4 Å². The van der Waals surface area contributed by atoms with Crippen LogP contribution in [0.25, 0.3) is 5.65 Å². The molecule has 36 heavy (non-hydrogen) atoms. The maximum atomic E-state index is 13.1. The Kier molecular flexibility index (Phi) is 6.14. The molecule has 1 fully saturated rings. The van der Waals surface area contributed by atoms with Gasteiger partial charge in [-0.1, -0.05) is 11.2 Å². The topological polar surface area (TPSA) is 156 Å². The van der Waals surface area contributed by atoms with E-state index in [-0.39, 0.29) is 22.2 Å². The van der Waals surface area contributed by atoms with E-state index >= 15 is 0 Å². The summed E-state index contributed by atoms with van der Waals surface area (Å²) >= 11 is 2.53. The van der Waals surface area contributed by atoms with Crippen LogP contribution in [0.4, 0.5) is 5.13 Å². The van der Waals surface area contributed by atoms with E-state index in [1.54, 1.807) is 5.38 Å². The molecule has 1 saturated heterocycles. The zero-order valence-corrected chi connectivity index (χ0v) is 20.9. The summed E-state index contributed by atoms with van der Waals surface area (Å²) in [5, 5.41) is 17.6. The van der Waals surface area contributed by atoms with Gasteiger partial charge in [-0.2, -0.15) is 0 Å². The lowest BCUT2D eigenvalue weighted by atomic mass is 10.0. The van der Waals surface area contributed by atoms with E-state index in [0.29, 0.717) is 17.9 Å². The predicted octanol–water partition coefficient (Wildman–Crippen LogP) is 0.363.